The Hall–Kier alpha value is -2.64. The first-order valence-corrected chi connectivity index (χ1v) is 12.7. The van der Waals surface area contributed by atoms with Gasteiger partial charge in [-0.05, 0) is 28.6 Å². The van der Waals surface area contributed by atoms with Crippen molar-refractivity contribution in [2.45, 2.75) is 23.6 Å². The number of aliphatic hydroxyl groups is 1. The maximum atomic E-state index is 14.5. The van der Waals surface area contributed by atoms with Crippen LogP contribution in [0.15, 0.2) is 77.1 Å². The molecule has 0 fully saturated rings. The zero-order chi connectivity index (χ0) is 25.2. The van der Waals surface area contributed by atoms with Crippen molar-refractivity contribution in [3.63, 3.8) is 0 Å². The third-order valence-corrected chi connectivity index (χ3v) is 8.14. The quantitative estimate of drug-likeness (QED) is 0.369. The molecule has 0 amide bonds. The number of nitriles is 1. The van der Waals surface area contributed by atoms with E-state index in [0.29, 0.717) is 0 Å². The fourth-order valence-electron chi connectivity index (χ4n) is 4.15. The number of alkyl halides is 3. The van der Waals surface area contributed by atoms with Crippen molar-refractivity contribution >= 4 is 45.5 Å². The summed E-state index contributed by atoms with van der Waals surface area (Å²) in [6.07, 6.45) is -5.29. The zero-order valence-electron chi connectivity index (χ0n) is 17.9. The van der Waals surface area contributed by atoms with E-state index in [4.69, 9.17) is 11.6 Å². The average molecular weight is 535 g/mol. The molecule has 4 unspecified atom stereocenters. The van der Waals surface area contributed by atoms with E-state index >= 15 is 0 Å². The van der Waals surface area contributed by atoms with E-state index in [-0.39, 0.29) is 26.3 Å². The maximum Gasteiger partial charge on any atom is 0.439 e. The highest BCUT2D eigenvalue weighted by Gasteiger charge is 2.67. The van der Waals surface area contributed by atoms with Crippen LogP contribution >= 0.6 is 34.7 Å². The number of hydrogen-bond donors (Lipinski definition) is 1. The Balaban J connectivity index is 1.91. The van der Waals surface area contributed by atoms with Gasteiger partial charge in [-0.3, -0.25) is 4.79 Å². The van der Waals surface area contributed by atoms with Gasteiger partial charge in [-0.25, -0.2) is 4.99 Å². The minimum atomic E-state index is -5.29. The summed E-state index contributed by atoms with van der Waals surface area (Å²) in [6.45, 7) is 0. The lowest BCUT2D eigenvalue weighted by Gasteiger charge is -2.44. The first kappa shape index (κ1) is 25.5. The van der Waals surface area contributed by atoms with Crippen molar-refractivity contribution in [3.05, 3.63) is 93.1 Å². The molecule has 4 nitrogen and oxygen atoms in total. The smallest absolute Gasteiger partial charge is 0.362 e. The lowest BCUT2D eigenvalue weighted by molar-refractivity contribution is -0.274. The molecule has 0 saturated carbocycles. The standard InChI is InChI=1S/C25H18ClF3N2O2S2/c26-18-10-5-4-9-16(18)20-17(13-30)23(35-14-15-7-2-1-3-8-15)31-24(33,25(27,28)29)21(20)22(32)19-11-6-12-34-19/h1-12,17,20-21,33H,14H2. The Morgan fingerprint density at radius 3 is 2.43 bits per heavy atom. The molecule has 1 aliphatic rings. The number of thioether (sulfide) groups is 1. The molecule has 3 aromatic rings. The summed E-state index contributed by atoms with van der Waals surface area (Å²) in [4.78, 5) is 17.2. The summed E-state index contributed by atoms with van der Waals surface area (Å²) >= 11 is 8.26. The van der Waals surface area contributed by atoms with Crippen LogP contribution in [-0.4, -0.2) is 27.8 Å². The number of benzene rings is 2. The van der Waals surface area contributed by atoms with Crippen LogP contribution in [0.3, 0.4) is 0 Å². The Bertz CT molecular complexity index is 1280. The molecule has 1 aliphatic heterocycles. The minimum Gasteiger partial charge on any atom is -0.362 e. The number of hydrogen-bond acceptors (Lipinski definition) is 6. The molecule has 35 heavy (non-hydrogen) atoms. The van der Waals surface area contributed by atoms with E-state index < -0.39 is 35.4 Å². The van der Waals surface area contributed by atoms with Crippen molar-refractivity contribution in [1.82, 2.24) is 0 Å². The van der Waals surface area contributed by atoms with Crippen LogP contribution in [0.1, 0.15) is 26.7 Å². The summed E-state index contributed by atoms with van der Waals surface area (Å²) < 4.78 is 43.5. The van der Waals surface area contributed by atoms with Gasteiger partial charge in [0.15, 0.2) is 5.78 Å². The largest absolute Gasteiger partial charge is 0.439 e. The van der Waals surface area contributed by atoms with Crippen LogP contribution in [0.4, 0.5) is 13.2 Å². The second kappa shape index (κ2) is 10.2. The van der Waals surface area contributed by atoms with Gasteiger partial charge < -0.3 is 5.11 Å². The highest BCUT2D eigenvalue weighted by Crippen LogP contribution is 2.53. The summed E-state index contributed by atoms with van der Waals surface area (Å²) in [7, 11) is 0. The predicted octanol–water partition coefficient (Wildman–Crippen LogP) is 6.72. The molecule has 2 heterocycles. The van der Waals surface area contributed by atoms with Crippen molar-refractivity contribution < 1.29 is 23.1 Å². The fraction of sp³-hybridized carbons (Fsp3) is 0.240. The van der Waals surface area contributed by atoms with E-state index in [2.05, 4.69) is 4.99 Å². The monoisotopic (exact) mass is 534 g/mol. The van der Waals surface area contributed by atoms with Crippen molar-refractivity contribution in [3.8, 4) is 6.07 Å². The van der Waals surface area contributed by atoms with E-state index in [1.54, 1.807) is 47.8 Å². The van der Waals surface area contributed by atoms with Crippen LogP contribution < -0.4 is 0 Å². The Morgan fingerprint density at radius 2 is 1.83 bits per heavy atom. The first-order valence-electron chi connectivity index (χ1n) is 10.4. The topological polar surface area (TPSA) is 73.4 Å². The van der Waals surface area contributed by atoms with E-state index in [0.717, 1.165) is 28.7 Å². The summed E-state index contributed by atoms with van der Waals surface area (Å²) in [5.41, 5.74) is -2.77. The molecule has 1 N–H and O–H groups in total. The molecule has 180 valence electrons. The van der Waals surface area contributed by atoms with Gasteiger partial charge in [0.2, 0.25) is 0 Å². The molecule has 10 heteroatoms. The van der Waals surface area contributed by atoms with Crippen LogP contribution in [0, 0.1) is 23.2 Å². The molecule has 0 radical (unpaired) electrons. The fourth-order valence-corrected chi connectivity index (χ4v) is 6.21. The number of rotatable bonds is 5. The Morgan fingerprint density at radius 1 is 1.14 bits per heavy atom. The van der Waals surface area contributed by atoms with Crippen LogP contribution in [0.25, 0.3) is 0 Å². The third-order valence-electron chi connectivity index (χ3n) is 5.80. The van der Waals surface area contributed by atoms with E-state index in [9.17, 15) is 28.3 Å². The van der Waals surface area contributed by atoms with Crippen molar-refractivity contribution in [1.29, 1.82) is 5.26 Å². The van der Waals surface area contributed by atoms with Crippen LogP contribution in [0.2, 0.25) is 5.02 Å². The second-order valence-electron chi connectivity index (χ2n) is 7.92. The molecule has 2 aromatic carbocycles. The molecule has 4 atom stereocenters. The van der Waals surface area contributed by atoms with Gasteiger partial charge in [0.05, 0.1) is 21.9 Å². The third kappa shape index (κ3) is 4.89. The lowest BCUT2D eigenvalue weighted by Crippen LogP contribution is -2.59. The van der Waals surface area contributed by atoms with Gasteiger partial charge in [0, 0.05) is 16.7 Å². The second-order valence-corrected chi connectivity index (χ2v) is 10.3. The number of thiophene rings is 1. The molecule has 4 rings (SSSR count). The molecular formula is C25H18ClF3N2O2S2. The molecule has 0 saturated heterocycles. The molecule has 0 bridgehead atoms. The van der Waals surface area contributed by atoms with Gasteiger partial charge in [0.1, 0.15) is 5.92 Å². The van der Waals surface area contributed by atoms with Crippen LogP contribution in [0.5, 0.6) is 0 Å². The van der Waals surface area contributed by atoms with Crippen molar-refractivity contribution in [2.75, 3.05) is 0 Å². The zero-order valence-corrected chi connectivity index (χ0v) is 20.3. The number of halogens is 4. The van der Waals surface area contributed by atoms with Gasteiger partial charge in [0.25, 0.3) is 5.72 Å². The Labute approximate surface area is 213 Å². The highest BCUT2D eigenvalue weighted by molar-refractivity contribution is 8.13. The maximum absolute atomic E-state index is 14.5. The average Bonchev–Trinajstić information content (AvgIpc) is 3.37. The number of Topliss-reactive ketones (excluding diaryl/α,β-unsaturated/α-hetero) is 1. The number of ketones is 1. The van der Waals surface area contributed by atoms with Crippen molar-refractivity contribution in [2.24, 2.45) is 16.8 Å². The summed E-state index contributed by atoms with van der Waals surface area (Å²) in [5, 5.41) is 22.7. The molecule has 0 spiro atoms. The van der Waals surface area contributed by atoms with E-state index in [1.807, 2.05) is 6.07 Å². The molecular weight excluding hydrogens is 517 g/mol. The number of nitrogens with zero attached hydrogens (tertiary/aromatic N) is 2. The number of carbonyl (C=O) groups is 1. The van der Waals surface area contributed by atoms with Crippen LogP contribution in [-0.2, 0) is 5.75 Å². The first-order chi connectivity index (χ1) is 16.7. The van der Waals surface area contributed by atoms with Gasteiger partial charge in [-0.15, -0.1) is 23.1 Å². The Kier molecular flexibility index (Phi) is 7.38. The highest BCUT2D eigenvalue weighted by atomic mass is 35.5. The molecule has 0 aliphatic carbocycles. The van der Waals surface area contributed by atoms with Gasteiger partial charge in [-0.1, -0.05) is 66.2 Å². The van der Waals surface area contributed by atoms with Gasteiger partial charge >= 0.3 is 6.18 Å². The number of carbonyl (C=O) groups excluding carboxylic acids is 1. The molecule has 1 aromatic heterocycles. The summed E-state index contributed by atoms with van der Waals surface area (Å²) in [6, 6.07) is 20.1. The summed E-state index contributed by atoms with van der Waals surface area (Å²) in [5.74, 6) is -5.44. The normalized spacial score (nSPS) is 24.5. The minimum absolute atomic E-state index is 0.0296. The number of aliphatic imine (C=N–C) groups is 1. The van der Waals surface area contributed by atoms with E-state index in [1.165, 1.54) is 24.3 Å². The SMILES string of the molecule is N#CC1C(SCc2ccccc2)=NC(O)(C(F)(F)F)C(C(=O)c2cccs2)C1c1ccccc1Cl. The van der Waals surface area contributed by atoms with Gasteiger partial charge in [-0.2, -0.15) is 18.4 Å². The lowest BCUT2D eigenvalue weighted by atomic mass is 9.68. The predicted molar refractivity (Wildman–Crippen MR) is 132 cm³/mol.